The van der Waals surface area contributed by atoms with Gasteiger partial charge in [0.25, 0.3) is 0 Å². The molecule has 1 aromatic carbocycles. The first-order valence-corrected chi connectivity index (χ1v) is 6.14. The molecule has 1 aromatic rings. The van der Waals surface area contributed by atoms with E-state index in [1.165, 1.54) is 0 Å². The van der Waals surface area contributed by atoms with Gasteiger partial charge >= 0.3 is 0 Å². The van der Waals surface area contributed by atoms with Gasteiger partial charge < -0.3 is 19.9 Å². The van der Waals surface area contributed by atoms with E-state index in [4.69, 9.17) is 9.47 Å². The van der Waals surface area contributed by atoms with Gasteiger partial charge in [0, 0.05) is 23.7 Å². The molecule has 1 rings (SSSR count). The summed E-state index contributed by atoms with van der Waals surface area (Å²) >= 11 is 0. The number of ether oxygens (including phenoxy) is 2. The predicted molar refractivity (Wildman–Crippen MR) is 72.4 cm³/mol. The van der Waals surface area contributed by atoms with Crippen LogP contribution in [0.5, 0.6) is 11.5 Å². The average molecular weight is 253 g/mol. The largest absolute Gasteiger partial charge is 0.496 e. The zero-order valence-electron chi connectivity index (χ0n) is 11.8. The Morgan fingerprint density at radius 1 is 1.22 bits per heavy atom. The molecule has 4 nitrogen and oxygen atoms in total. The molecule has 0 saturated carbocycles. The van der Waals surface area contributed by atoms with Crippen molar-refractivity contribution in [2.24, 2.45) is 0 Å². The van der Waals surface area contributed by atoms with E-state index in [0.29, 0.717) is 18.3 Å². The smallest absolute Gasteiger partial charge is 0.131 e. The second-order valence-electron chi connectivity index (χ2n) is 4.59. The van der Waals surface area contributed by atoms with Crippen LogP contribution in [0.2, 0.25) is 0 Å². The monoisotopic (exact) mass is 253 g/mol. The van der Waals surface area contributed by atoms with Gasteiger partial charge in [-0.2, -0.15) is 0 Å². The zero-order chi connectivity index (χ0) is 13.7. The third kappa shape index (κ3) is 3.37. The molecule has 0 spiro atoms. The summed E-state index contributed by atoms with van der Waals surface area (Å²) in [5.41, 5.74) is 1.69. The van der Waals surface area contributed by atoms with Gasteiger partial charge in [-0.1, -0.05) is 13.8 Å². The van der Waals surface area contributed by atoms with Crippen molar-refractivity contribution in [3.05, 3.63) is 23.3 Å². The van der Waals surface area contributed by atoms with Crippen molar-refractivity contribution in [3.8, 4) is 11.5 Å². The highest BCUT2D eigenvalue weighted by molar-refractivity contribution is 5.50. The van der Waals surface area contributed by atoms with Crippen LogP contribution in [0, 0.1) is 6.92 Å². The van der Waals surface area contributed by atoms with E-state index in [9.17, 15) is 5.11 Å². The van der Waals surface area contributed by atoms with Crippen LogP contribution in [0.4, 0.5) is 0 Å². The standard InChI is InChI=1S/C14H23NO3/c1-9(2)15-8-12(16)11-6-7-13(17-4)10(3)14(11)18-5/h6-7,9,12,15-16H,8H2,1-5H3. The molecule has 0 bridgehead atoms. The van der Waals surface area contributed by atoms with Gasteiger partial charge in [-0.05, 0) is 19.1 Å². The van der Waals surface area contributed by atoms with Crippen LogP contribution >= 0.6 is 0 Å². The molecule has 0 fully saturated rings. The molecule has 0 saturated heterocycles. The summed E-state index contributed by atoms with van der Waals surface area (Å²) in [4.78, 5) is 0. The predicted octanol–water partition coefficient (Wildman–Crippen LogP) is 2.04. The molecule has 4 heteroatoms. The number of nitrogens with one attached hydrogen (secondary N) is 1. The lowest BCUT2D eigenvalue weighted by Crippen LogP contribution is -2.28. The Balaban J connectivity index is 2.97. The molecular weight excluding hydrogens is 230 g/mol. The maximum atomic E-state index is 10.2. The number of methoxy groups -OCH3 is 2. The van der Waals surface area contributed by atoms with Crippen LogP contribution in [0.25, 0.3) is 0 Å². The van der Waals surface area contributed by atoms with Gasteiger partial charge in [0.2, 0.25) is 0 Å². The number of aliphatic hydroxyl groups excluding tert-OH is 1. The number of aliphatic hydroxyl groups is 1. The van der Waals surface area contributed by atoms with Crippen molar-refractivity contribution in [2.45, 2.75) is 32.9 Å². The third-order valence-electron chi connectivity index (χ3n) is 2.89. The van der Waals surface area contributed by atoms with Gasteiger partial charge in [-0.25, -0.2) is 0 Å². The number of hydrogen-bond donors (Lipinski definition) is 2. The van der Waals surface area contributed by atoms with E-state index in [2.05, 4.69) is 5.32 Å². The second-order valence-corrected chi connectivity index (χ2v) is 4.59. The molecule has 0 aliphatic rings. The van der Waals surface area contributed by atoms with E-state index < -0.39 is 6.10 Å². The summed E-state index contributed by atoms with van der Waals surface area (Å²) in [5, 5.41) is 13.4. The molecule has 0 amide bonds. The van der Waals surface area contributed by atoms with E-state index in [1.807, 2.05) is 32.9 Å². The number of rotatable bonds is 6. The van der Waals surface area contributed by atoms with Gasteiger partial charge in [-0.15, -0.1) is 0 Å². The highest BCUT2D eigenvalue weighted by atomic mass is 16.5. The molecule has 2 N–H and O–H groups in total. The first kappa shape index (κ1) is 14.8. The molecule has 0 aliphatic carbocycles. The maximum absolute atomic E-state index is 10.2. The number of benzene rings is 1. The minimum atomic E-state index is -0.591. The molecule has 18 heavy (non-hydrogen) atoms. The fraction of sp³-hybridized carbons (Fsp3) is 0.571. The molecule has 1 atom stereocenters. The summed E-state index contributed by atoms with van der Waals surface area (Å²) in [6, 6.07) is 4.04. The summed E-state index contributed by atoms with van der Waals surface area (Å²) in [5.74, 6) is 1.45. The third-order valence-corrected chi connectivity index (χ3v) is 2.89. The van der Waals surface area contributed by atoms with Crippen molar-refractivity contribution >= 4 is 0 Å². The minimum Gasteiger partial charge on any atom is -0.496 e. The maximum Gasteiger partial charge on any atom is 0.131 e. The van der Waals surface area contributed by atoms with Crippen LogP contribution in [-0.4, -0.2) is 31.9 Å². The van der Waals surface area contributed by atoms with Crippen LogP contribution in [0.1, 0.15) is 31.1 Å². The fourth-order valence-corrected chi connectivity index (χ4v) is 1.91. The van der Waals surface area contributed by atoms with Crippen molar-refractivity contribution in [3.63, 3.8) is 0 Å². The quantitative estimate of drug-likeness (QED) is 0.814. The first-order chi connectivity index (χ1) is 8.51. The fourth-order valence-electron chi connectivity index (χ4n) is 1.91. The topological polar surface area (TPSA) is 50.7 Å². The molecule has 1 unspecified atom stereocenters. The molecule has 0 aliphatic heterocycles. The van der Waals surface area contributed by atoms with Crippen molar-refractivity contribution in [1.29, 1.82) is 0 Å². The van der Waals surface area contributed by atoms with Crippen molar-refractivity contribution in [1.82, 2.24) is 5.32 Å². The Morgan fingerprint density at radius 3 is 2.39 bits per heavy atom. The molecule has 102 valence electrons. The highest BCUT2D eigenvalue weighted by Gasteiger charge is 2.17. The molecule has 0 aromatic heterocycles. The zero-order valence-corrected chi connectivity index (χ0v) is 11.8. The first-order valence-electron chi connectivity index (χ1n) is 6.14. The highest BCUT2D eigenvalue weighted by Crippen LogP contribution is 2.34. The summed E-state index contributed by atoms with van der Waals surface area (Å²) in [6.07, 6.45) is -0.591. The lowest BCUT2D eigenvalue weighted by molar-refractivity contribution is 0.167. The van der Waals surface area contributed by atoms with Gasteiger partial charge in [0.05, 0.1) is 20.3 Å². The Kier molecular flexibility index (Phi) is 5.44. The average Bonchev–Trinajstić information content (AvgIpc) is 2.35. The summed E-state index contributed by atoms with van der Waals surface area (Å²) in [6.45, 7) is 6.51. The molecule has 0 radical (unpaired) electrons. The molecule has 0 heterocycles. The lowest BCUT2D eigenvalue weighted by Gasteiger charge is -2.19. The SMILES string of the molecule is COc1ccc(C(O)CNC(C)C)c(OC)c1C. The minimum absolute atomic E-state index is 0.338. The van der Waals surface area contributed by atoms with Crippen molar-refractivity contribution in [2.75, 3.05) is 20.8 Å². The Bertz CT molecular complexity index is 391. The van der Waals surface area contributed by atoms with Gasteiger partial charge in [-0.3, -0.25) is 0 Å². The Morgan fingerprint density at radius 2 is 1.89 bits per heavy atom. The Labute approximate surface area is 109 Å². The summed E-state index contributed by atoms with van der Waals surface area (Å²) in [7, 11) is 3.23. The normalized spacial score (nSPS) is 12.6. The molecular formula is C14H23NO3. The van der Waals surface area contributed by atoms with Crippen LogP contribution in [-0.2, 0) is 0 Å². The lowest BCUT2D eigenvalue weighted by atomic mass is 10.0. The van der Waals surface area contributed by atoms with Crippen LogP contribution in [0.15, 0.2) is 12.1 Å². The van der Waals surface area contributed by atoms with Crippen molar-refractivity contribution < 1.29 is 14.6 Å². The Hall–Kier alpha value is -1.26. The summed E-state index contributed by atoms with van der Waals surface area (Å²) < 4.78 is 10.6. The van der Waals surface area contributed by atoms with E-state index in [0.717, 1.165) is 16.9 Å². The van der Waals surface area contributed by atoms with Gasteiger partial charge in [0.15, 0.2) is 0 Å². The van der Waals surface area contributed by atoms with Crippen LogP contribution < -0.4 is 14.8 Å². The van der Waals surface area contributed by atoms with E-state index in [-0.39, 0.29) is 0 Å². The van der Waals surface area contributed by atoms with E-state index in [1.54, 1.807) is 14.2 Å². The van der Waals surface area contributed by atoms with Gasteiger partial charge in [0.1, 0.15) is 11.5 Å². The second kappa shape index (κ2) is 6.61. The van der Waals surface area contributed by atoms with Crippen LogP contribution in [0.3, 0.4) is 0 Å². The number of hydrogen-bond acceptors (Lipinski definition) is 4. The van der Waals surface area contributed by atoms with E-state index >= 15 is 0 Å².